The number of aryl methyl sites for hydroxylation is 1. The van der Waals surface area contributed by atoms with Crippen molar-refractivity contribution in [3.05, 3.63) is 17.7 Å². The van der Waals surface area contributed by atoms with Gasteiger partial charge in [-0.3, -0.25) is 4.79 Å². The maximum Gasteiger partial charge on any atom is 0.224 e. The molecule has 1 saturated heterocycles. The van der Waals surface area contributed by atoms with E-state index in [2.05, 4.69) is 23.3 Å². The zero-order valence-corrected chi connectivity index (χ0v) is 12.5. The van der Waals surface area contributed by atoms with Crippen LogP contribution < -0.4 is 16.0 Å². The molecule has 0 saturated carbocycles. The molecule has 2 aliphatic heterocycles. The number of nitrogens with zero attached hydrogens (tertiary/aromatic N) is 1. The standard InChI is InChI=1S/C16H23N3O2/c1-19(9-11-3-2-6-21-10-11)15-7-12-4-5-16(20)18-14(12)8-13(15)17/h7-8,11H,2-6,9-10,17H2,1H3,(H,18,20). The largest absolute Gasteiger partial charge is 0.397 e. The molecule has 1 fully saturated rings. The molecule has 0 spiro atoms. The van der Waals surface area contributed by atoms with Crippen molar-refractivity contribution in [1.82, 2.24) is 0 Å². The number of benzene rings is 1. The summed E-state index contributed by atoms with van der Waals surface area (Å²) in [6, 6.07) is 4.00. The van der Waals surface area contributed by atoms with Gasteiger partial charge in [-0.1, -0.05) is 0 Å². The van der Waals surface area contributed by atoms with Crippen LogP contribution in [0.5, 0.6) is 0 Å². The molecule has 21 heavy (non-hydrogen) atoms. The Balaban J connectivity index is 1.76. The summed E-state index contributed by atoms with van der Waals surface area (Å²) >= 11 is 0. The molecule has 2 heterocycles. The normalized spacial score (nSPS) is 21.6. The molecule has 5 heteroatoms. The fraction of sp³-hybridized carbons (Fsp3) is 0.562. The van der Waals surface area contributed by atoms with Gasteiger partial charge in [0.1, 0.15) is 0 Å². The minimum absolute atomic E-state index is 0.0716. The lowest BCUT2D eigenvalue weighted by molar-refractivity contribution is -0.116. The van der Waals surface area contributed by atoms with Crippen molar-refractivity contribution in [2.24, 2.45) is 5.92 Å². The number of hydrogen-bond acceptors (Lipinski definition) is 4. The number of nitrogen functional groups attached to an aromatic ring is 1. The van der Waals surface area contributed by atoms with Crippen LogP contribution in [0.1, 0.15) is 24.8 Å². The van der Waals surface area contributed by atoms with E-state index < -0.39 is 0 Å². The van der Waals surface area contributed by atoms with Crippen molar-refractivity contribution in [1.29, 1.82) is 0 Å². The van der Waals surface area contributed by atoms with Crippen LogP contribution in [0.15, 0.2) is 12.1 Å². The molecular weight excluding hydrogens is 266 g/mol. The summed E-state index contributed by atoms with van der Waals surface area (Å²) in [5.74, 6) is 0.640. The van der Waals surface area contributed by atoms with Crippen molar-refractivity contribution < 1.29 is 9.53 Å². The molecule has 3 rings (SSSR count). The number of amides is 1. The second-order valence-electron chi connectivity index (χ2n) is 6.08. The Hall–Kier alpha value is -1.75. The Morgan fingerprint density at radius 2 is 2.29 bits per heavy atom. The molecule has 2 aliphatic rings. The monoisotopic (exact) mass is 289 g/mol. The van der Waals surface area contributed by atoms with Gasteiger partial charge in [0.05, 0.1) is 18.0 Å². The Morgan fingerprint density at radius 1 is 1.43 bits per heavy atom. The summed E-state index contributed by atoms with van der Waals surface area (Å²) < 4.78 is 5.55. The number of anilines is 3. The SMILES string of the molecule is CN(CC1CCCOC1)c1cc2c(cc1N)NC(=O)CC2. The average molecular weight is 289 g/mol. The number of ether oxygens (including phenoxy) is 1. The van der Waals surface area contributed by atoms with Gasteiger partial charge in [0.15, 0.2) is 0 Å². The van der Waals surface area contributed by atoms with Gasteiger partial charge < -0.3 is 20.7 Å². The van der Waals surface area contributed by atoms with Crippen molar-refractivity contribution >= 4 is 23.0 Å². The molecule has 1 unspecified atom stereocenters. The van der Waals surface area contributed by atoms with E-state index in [4.69, 9.17) is 10.5 Å². The van der Waals surface area contributed by atoms with Crippen LogP contribution in [-0.4, -0.2) is 32.7 Å². The zero-order valence-electron chi connectivity index (χ0n) is 12.5. The number of carbonyl (C=O) groups excluding carboxylic acids is 1. The van der Waals surface area contributed by atoms with Gasteiger partial charge in [0.2, 0.25) is 5.91 Å². The predicted octanol–water partition coefficient (Wildman–Crippen LogP) is 2.02. The van der Waals surface area contributed by atoms with E-state index in [-0.39, 0.29) is 5.91 Å². The molecule has 5 nitrogen and oxygen atoms in total. The maximum atomic E-state index is 11.4. The molecule has 1 amide bonds. The Kier molecular flexibility index (Phi) is 4.01. The van der Waals surface area contributed by atoms with E-state index in [9.17, 15) is 4.79 Å². The number of nitrogens with two attached hydrogens (primary N) is 1. The van der Waals surface area contributed by atoms with E-state index in [1.54, 1.807) is 0 Å². The molecule has 0 bridgehead atoms. The van der Waals surface area contributed by atoms with Gasteiger partial charge >= 0.3 is 0 Å². The van der Waals surface area contributed by atoms with Crippen molar-refractivity contribution in [3.63, 3.8) is 0 Å². The minimum Gasteiger partial charge on any atom is -0.397 e. The number of rotatable bonds is 3. The minimum atomic E-state index is 0.0716. The number of nitrogens with one attached hydrogen (secondary N) is 1. The molecule has 1 aromatic rings. The van der Waals surface area contributed by atoms with Crippen molar-refractivity contribution in [3.8, 4) is 0 Å². The van der Waals surface area contributed by atoms with Crippen LogP contribution in [0, 0.1) is 5.92 Å². The Labute approximate surface area is 125 Å². The summed E-state index contributed by atoms with van der Waals surface area (Å²) in [6.45, 7) is 2.68. The van der Waals surface area contributed by atoms with Gasteiger partial charge in [-0.25, -0.2) is 0 Å². The summed E-state index contributed by atoms with van der Waals surface area (Å²) in [5, 5.41) is 2.89. The molecule has 1 atom stereocenters. The van der Waals surface area contributed by atoms with Gasteiger partial charge in [-0.15, -0.1) is 0 Å². The third-order valence-electron chi connectivity index (χ3n) is 4.35. The van der Waals surface area contributed by atoms with Crippen LogP contribution in [0.3, 0.4) is 0 Å². The average Bonchev–Trinajstić information content (AvgIpc) is 2.47. The fourth-order valence-corrected chi connectivity index (χ4v) is 3.20. The van der Waals surface area contributed by atoms with Crippen LogP contribution in [-0.2, 0) is 16.0 Å². The lowest BCUT2D eigenvalue weighted by atomic mass is 9.99. The predicted molar refractivity (Wildman–Crippen MR) is 84.6 cm³/mol. The van der Waals surface area contributed by atoms with Gasteiger partial charge in [-0.05, 0) is 42.9 Å². The first-order valence-corrected chi connectivity index (χ1v) is 7.64. The first kappa shape index (κ1) is 14.2. The van der Waals surface area contributed by atoms with E-state index in [1.807, 2.05) is 6.07 Å². The Bertz CT molecular complexity index is 539. The lowest BCUT2D eigenvalue weighted by Gasteiger charge is -2.30. The smallest absolute Gasteiger partial charge is 0.224 e. The van der Waals surface area contributed by atoms with Gasteiger partial charge in [-0.2, -0.15) is 0 Å². The highest BCUT2D eigenvalue weighted by atomic mass is 16.5. The summed E-state index contributed by atoms with van der Waals surface area (Å²) in [4.78, 5) is 13.7. The molecule has 0 aromatic heterocycles. The second kappa shape index (κ2) is 5.93. The highest BCUT2D eigenvalue weighted by Gasteiger charge is 2.20. The second-order valence-corrected chi connectivity index (χ2v) is 6.08. The van der Waals surface area contributed by atoms with Gasteiger partial charge in [0.25, 0.3) is 0 Å². The maximum absolute atomic E-state index is 11.4. The highest BCUT2D eigenvalue weighted by Crippen LogP contribution is 2.33. The topological polar surface area (TPSA) is 67.6 Å². The first-order valence-electron chi connectivity index (χ1n) is 7.64. The molecule has 0 aliphatic carbocycles. The lowest BCUT2D eigenvalue weighted by Crippen LogP contribution is -2.31. The number of carbonyl (C=O) groups is 1. The van der Waals surface area contributed by atoms with Crippen molar-refractivity contribution in [2.75, 3.05) is 42.8 Å². The Morgan fingerprint density at radius 3 is 3.05 bits per heavy atom. The first-order chi connectivity index (χ1) is 10.1. The van der Waals surface area contributed by atoms with E-state index in [0.717, 1.165) is 49.7 Å². The molecular formula is C16H23N3O2. The van der Waals surface area contributed by atoms with Crippen molar-refractivity contribution in [2.45, 2.75) is 25.7 Å². The van der Waals surface area contributed by atoms with Crippen LogP contribution in [0.2, 0.25) is 0 Å². The highest BCUT2D eigenvalue weighted by molar-refractivity contribution is 5.95. The summed E-state index contributed by atoms with van der Waals surface area (Å²) in [5.41, 5.74) is 9.98. The van der Waals surface area contributed by atoms with E-state index >= 15 is 0 Å². The van der Waals surface area contributed by atoms with Gasteiger partial charge in [0, 0.05) is 32.3 Å². The molecule has 3 N–H and O–H groups in total. The van der Waals surface area contributed by atoms with Crippen LogP contribution >= 0.6 is 0 Å². The third-order valence-corrected chi connectivity index (χ3v) is 4.35. The molecule has 1 aromatic carbocycles. The molecule has 114 valence electrons. The molecule has 0 radical (unpaired) electrons. The third kappa shape index (κ3) is 3.13. The zero-order chi connectivity index (χ0) is 14.8. The van der Waals surface area contributed by atoms with E-state index in [0.29, 0.717) is 12.3 Å². The van der Waals surface area contributed by atoms with Crippen LogP contribution in [0.25, 0.3) is 0 Å². The number of hydrogen-bond donors (Lipinski definition) is 2. The quantitative estimate of drug-likeness (QED) is 0.835. The summed E-state index contributed by atoms with van der Waals surface area (Å²) in [7, 11) is 2.08. The van der Waals surface area contributed by atoms with E-state index in [1.165, 1.54) is 12.0 Å². The number of fused-ring (bicyclic) bond motifs is 1. The fourth-order valence-electron chi connectivity index (χ4n) is 3.20. The summed E-state index contributed by atoms with van der Waals surface area (Å²) in [6.07, 6.45) is 3.70. The van der Waals surface area contributed by atoms with Crippen LogP contribution in [0.4, 0.5) is 17.1 Å².